The Bertz CT molecular complexity index is 772. The van der Waals surface area contributed by atoms with Crippen LogP contribution in [0.1, 0.15) is 64.7 Å². The number of halogens is 1. The summed E-state index contributed by atoms with van der Waals surface area (Å²) in [5.41, 5.74) is 1.12. The van der Waals surface area contributed by atoms with E-state index in [0.717, 1.165) is 29.9 Å². The number of aromatic nitrogens is 2. The standard InChI is InChI=1S/C21H28FN3O2/c1-21(2,3)27-20(26)23-13-19-24-18(15-9-11-16(22)12-10-15)14-25(19)17-7-5-4-6-8-17/h9-12,14,17H,4-8,13H2,1-3H3,(H,23,26). The van der Waals surface area contributed by atoms with E-state index in [9.17, 15) is 9.18 Å². The number of hydrogen-bond acceptors (Lipinski definition) is 3. The average Bonchev–Trinajstić information content (AvgIpc) is 3.04. The van der Waals surface area contributed by atoms with Crippen molar-refractivity contribution < 1.29 is 13.9 Å². The van der Waals surface area contributed by atoms with Crippen LogP contribution >= 0.6 is 0 Å². The smallest absolute Gasteiger partial charge is 0.408 e. The summed E-state index contributed by atoms with van der Waals surface area (Å²) < 4.78 is 20.7. The molecule has 1 N–H and O–H groups in total. The maximum atomic E-state index is 13.2. The highest BCUT2D eigenvalue weighted by molar-refractivity contribution is 5.67. The minimum absolute atomic E-state index is 0.266. The van der Waals surface area contributed by atoms with E-state index in [-0.39, 0.29) is 5.82 Å². The van der Waals surface area contributed by atoms with Crippen molar-refractivity contribution in [3.63, 3.8) is 0 Å². The van der Waals surface area contributed by atoms with Crippen LogP contribution in [-0.2, 0) is 11.3 Å². The van der Waals surface area contributed by atoms with Gasteiger partial charge in [-0.25, -0.2) is 14.2 Å². The lowest BCUT2D eigenvalue weighted by Crippen LogP contribution is -2.33. The molecule has 0 radical (unpaired) electrons. The van der Waals surface area contributed by atoms with Crippen molar-refractivity contribution in [3.8, 4) is 11.3 Å². The van der Waals surface area contributed by atoms with Gasteiger partial charge in [-0.3, -0.25) is 0 Å². The van der Waals surface area contributed by atoms with Gasteiger partial charge < -0.3 is 14.6 Å². The Morgan fingerprint density at radius 2 is 1.89 bits per heavy atom. The summed E-state index contributed by atoms with van der Waals surface area (Å²) >= 11 is 0. The molecule has 0 bridgehead atoms. The monoisotopic (exact) mass is 373 g/mol. The largest absolute Gasteiger partial charge is 0.444 e. The SMILES string of the molecule is CC(C)(C)OC(=O)NCc1nc(-c2ccc(F)cc2)cn1C1CCCCC1. The van der Waals surface area contributed by atoms with Crippen LogP contribution in [0.4, 0.5) is 9.18 Å². The molecule has 0 atom stereocenters. The second kappa shape index (κ2) is 8.11. The number of rotatable bonds is 4. The van der Waals surface area contributed by atoms with Gasteiger partial charge in [0.15, 0.2) is 0 Å². The minimum Gasteiger partial charge on any atom is -0.444 e. The summed E-state index contributed by atoms with van der Waals surface area (Å²) in [6.45, 7) is 5.80. The quantitative estimate of drug-likeness (QED) is 0.799. The summed E-state index contributed by atoms with van der Waals surface area (Å²) in [6, 6.07) is 6.72. The fraction of sp³-hybridized carbons (Fsp3) is 0.524. The average molecular weight is 373 g/mol. The predicted molar refractivity (Wildman–Crippen MR) is 103 cm³/mol. The molecule has 5 nitrogen and oxygen atoms in total. The van der Waals surface area contributed by atoms with Crippen LogP contribution < -0.4 is 5.32 Å². The fourth-order valence-corrected chi connectivity index (χ4v) is 3.46. The number of carbonyl (C=O) groups is 1. The Balaban J connectivity index is 1.81. The first-order valence-corrected chi connectivity index (χ1v) is 9.62. The lowest BCUT2D eigenvalue weighted by atomic mass is 9.95. The Morgan fingerprint density at radius 3 is 2.52 bits per heavy atom. The fourth-order valence-electron chi connectivity index (χ4n) is 3.46. The van der Waals surface area contributed by atoms with Gasteiger partial charge in [0.1, 0.15) is 17.2 Å². The van der Waals surface area contributed by atoms with E-state index >= 15 is 0 Å². The number of carbonyl (C=O) groups excluding carboxylic acids is 1. The number of nitrogens with zero attached hydrogens (tertiary/aromatic N) is 2. The van der Waals surface area contributed by atoms with Gasteiger partial charge in [-0.15, -0.1) is 0 Å². The third-order valence-electron chi connectivity index (χ3n) is 4.71. The molecular weight excluding hydrogens is 345 g/mol. The van der Waals surface area contributed by atoms with E-state index in [2.05, 4.69) is 9.88 Å². The maximum Gasteiger partial charge on any atom is 0.408 e. The van der Waals surface area contributed by atoms with Gasteiger partial charge in [0.2, 0.25) is 0 Å². The molecule has 1 amide bonds. The van der Waals surface area contributed by atoms with Crippen LogP contribution in [0.3, 0.4) is 0 Å². The number of hydrogen-bond donors (Lipinski definition) is 1. The van der Waals surface area contributed by atoms with Gasteiger partial charge in [-0.05, 0) is 57.9 Å². The molecule has 3 rings (SSSR count). The van der Waals surface area contributed by atoms with Crippen molar-refractivity contribution in [1.82, 2.24) is 14.9 Å². The lowest BCUT2D eigenvalue weighted by Gasteiger charge is -2.25. The molecule has 1 aromatic heterocycles. The van der Waals surface area contributed by atoms with Gasteiger partial charge in [0.05, 0.1) is 12.2 Å². The zero-order valence-corrected chi connectivity index (χ0v) is 16.3. The van der Waals surface area contributed by atoms with Crippen LogP contribution in [0.2, 0.25) is 0 Å². The third-order valence-corrected chi connectivity index (χ3v) is 4.71. The molecule has 1 aliphatic rings. The lowest BCUT2D eigenvalue weighted by molar-refractivity contribution is 0.0521. The Morgan fingerprint density at radius 1 is 1.22 bits per heavy atom. The Hall–Kier alpha value is -2.37. The molecule has 0 aliphatic heterocycles. The first-order valence-electron chi connectivity index (χ1n) is 9.62. The number of imidazole rings is 1. The van der Waals surface area contributed by atoms with Gasteiger partial charge in [-0.1, -0.05) is 19.3 Å². The zero-order chi connectivity index (χ0) is 19.4. The molecule has 6 heteroatoms. The molecule has 2 aromatic rings. The summed E-state index contributed by atoms with van der Waals surface area (Å²) in [7, 11) is 0. The molecule has 1 aromatic carbocycles. The first kappa shape index (κ1) is 19.4. The van der Waals surface area contributed by atoms with Gasteiger partial charge in [0.25, 0.3) is 0 Å². The highest BCUT2D eigenvalue weighted by Gasteiger charge is 2.21. The molecule has 146 valence electrons. The first-order chi connectivity index (χ1) is 12.8. The van der Waals surface area contributed by atoms with Crippen LogP contribution in [0, 0.1) is 5.82 Å². The second-order valence-corrected chi connectivity index (χ2v) is 8.10. The molecule has 1 saturated carbocycles. The number of ether oxygens (including phenoxy) is 1. The van der Waals surface area contributed by atoms with E-state index in [1.807, 2.05) is 27.0 Å². The highest BCUT2D eigenvalue weighted by Crippen LogP contribution is 2.31. The van der Waals surface area contributed by atoms with E-state index < -0.39 is 11.7 Å². The molecular formula is C21H28FN3O2. The predicted octanol–water partition coefficient (Wildman–Crippen LogP) is 5.22. The summed E-state index contributed by atoms with van der Waals surface area (Å²) in [5.74, 6) is 0.532. The summed E-state index contributed by atoms with van der Waals surface area (Å²) in [4.78, 5) is 16.7. The van der Waals surface area contributed by atoms with Crippen LogP contribution in [0.25, 0.3) is 11.3 Å². The number of alkyl carbamates (subject to hydrolysis) is 1. The number of amides is 1. The second-order valence-electron chi connectivity index (χ2n) is 8.10. The van der Waals surface area contributed by atoms with Crippen LogP contribution in [-0.4, -0.2) is 21.2 Å². The normalized spacial score (nSPS) is 15.6. The van der Waals surface area contributed by atoms with Crippen LogP contribution in [0.5, 0.6) is 0 Å². The molecule has 27 heavy (non-hydrogen) atoms. The van der Waals surface area contributed by atoms with Crippen molar-refractivity contribution in [2.45, 2.75) is 71.1 Å². The number of nitrogens with one attached hydrogen (secondary N) is 1. The Kier molecular flexibility index (Phi) is 5.82. The van der Waals surface area contributed by atoms with E-state index in [0.29, 0.717) is 12.6 Å². The third kappa shape index (κ3) is 5.31. The summed E-state index contributed by atoms with van der Waals surface area (Å²) in [5, 5.41) is 2.80. The molecule has 1 heterocycles. The van der Waals surface area contributed by atoms with Gasteiger partial charge >= 0.3 is 6.09 Å². The van der Waals surface area contributed by atoms with Crippen molar-refractivity contribution in [3.05, 3.63) is 42.1 Å². The van der Waals surface area contributed by atoms with E-state index in [4.69, 9.17) is 9.72 Å². The zero-order valence-electron chi connectivity index (χ0n) is 16.3. The van der Waals surface area contributed by atoms with Crippen molar-refractivity contribution in [1.29, 1.82) is 0 Å². The van der Waals surface area contributed by atoms with E-state index in [1.54, 1.807) is 12.1 Å². The summed E-state index contributed by atoms with van der Waals surface area (Å²) in [6.07, 6.45) is 7.46. The van der Waals surface area contributed by atoms with Gasteiger partial charge in [-0.2, -0.15) is 0 Å². The topological polar surface area (TPSA) is 56.1 Å². The van der Waals surface area contributed by atoms with Gasteiger partial charge in [0, 0.05) is 17.8 Å². The molecule has 0 spiro atoms. The minimum atomic E-state index is -0.540. The van der Waals surface area contributed by atoms with Crippen molar-refractivity contribution in [2.24, 2.45) is 0 Å². The molecule has 0 saturated heterocycles. The van der Waals surface area contributed by atoms with Crippen molar-refractivity contribution in [2.75, 3.05) is 0 Å². The maximum absolute atomic E-state index is 13.2. The Labute approximate surface area is 159 Å². The van der Waals surface area contributed by atoms with Crippen molar-refractivity contribution >= 4 is 6.09 Å². The number of benzene rings is 1. The highest BCUT2D eigenvalue weighted by atomic mass is 19.1. The van der Waals surface area contributed by atoms with Crippen LogP contribution in [0.15, 0.2) is 30.5 Å². The molecule has 1 aliphatic carbocycles. The molecule has 0 unspecified atom stereocenters. The van der Waals surface area contributed by atoms with E-state index in [1.165, 1.54) is 31.4 Å². The molecule has 1 fully saturated rings.